The van der Waals surface area contributed by atoms with Crippen molar-refractivity contribution >= 4 is 41.5 Å². The van der Waals surface area contributed by atoms with Gasteiger partial charge in [0.25, 0.3) is 0 Å². The second-order valence-corrected chi connectivity index (χ2v) is 13.5. The molecule has 5 aromatic rings. The third kappa shape index (κ3) is 7.92. The molecule has 2 aromatic heterocycles. The molecule has 0 bridgehead atoms. The molecule has 11 nitrogen and oxygen atoms in total. The normalized spacial score (nSPS) is 14.5. The largest absolute Gasteiger partial charge is 0.460 e. The van der Waals surface area contributed by atoms with E-state index in [0.29, 0.717) is 40.6 Å². The lowest BCUT2D eigenvalue weighted by atomic mass is 10.1. The Kier molecular flexibility index (Phi) is 10.1. The highest BCUT2D eigenvalue weighted by atomic mass is 31.2. The lowest BCUT2D eigenvalue weighted by Gasteiger charge is -2.29. The number of nitrogens with zero attached hydrogens (tertiary/aromatic N) is 3. The van der Waals surface area contributed by atoms with Gasteiger partial charge in [0.05, 0.1) is 23.7 Å². The second kappa shape index (κ2) is 14.0. The highest BCUT2D eigenvalue weighted by Gasteiger charge is 2.38. The van der Waals surface area contributed by atoms with Crippen LogP contribution in [0.1, 0.15) is 52.0 Å². The van der Waals surface area contributed by atoms with E-state index in [1.54, 1.807) is 76.2 Å². The molecule has 12 heteroatoms. The van der Waals surface area contributed by atoms with Gasteiger partial charge in [-0.15, -0.1) is 0 Å². The summed E-state index contributed by atoms with van der Waals surface area (Å²) in [4.78, 5) is 22.8. The van der Waals surface area contributed by atoms with Crippen molar-refractivity contribution in [1.29, 1.82) is 0 Å². The summed E-state index contributed by atoms with van der Waals surface area (Å²) >= 11 is 0. The first-order chi connectivity index (χ1) is 22.0. The molecule has 0 aliphatic carbocycles. The number of hydrogen-bond acceptors (Lipinski definition) is 9. The number of carbonyl (C=O) groups excluding carboxylic acids is 1. The molecule has 3 aromatic carbocycles. The van der Waals surface area contributed by atoms with Gasteiger partial charge in [0.2, 0.25) is 0 Å². The summed E-state index contributed by atoms with van der Waals surface area (Å²) in [6.07, 6.45) is -0.719. The van der Waals surface area contributed by atoms with E-state index in [1.807, 2.05) is 47.9 Å². The number of ether oxygens (including phenoxy) is 2. The van der Waals surface area contributed by atoms with E-state index in [2.05, 4.69) is 10.1 Å². The molecule has 0 amide bonds. The lowest BCUT2D eigenvalue weighted by Crippen LogP contribution is -2.35. The van der Waals surface area contributed by atoms with Crippen molar-refractivity contribution in [2.45, 2.75) is 65.5 Å². The first-order valence-electron chi connectivity index (χ1n) is 15.2. The smallest absolute Gasteiger partial charge is 0.459 e. The van der Waals surface area contributed by atoms with Gasteiger partial charge in [-0.25, -0.2) is 19.3 Å². The number of nitrogen functional groups attached to an aromatic ring is 1. The average Bonchev–Trinajstić information content (AvgIpc) is 3.37. The Morgan fingerprint density at radius 3 is 2.30 bits per heavy atom. The number of hydrogen-bond donors (Lipinski definition) is 2. The van der Waals surface area contributed by atoms with Crippen LogP contribution in [-0.4, -0.2) is 38.8 Å². The number of nitrogens with one attached hydrogen (secondary N) is 1. The maximum Gasteiger partial charge on any atom is 0.460 e. The summed E-state index contributed by atoms with van der Waals surface area (Å²) in [7, 11) is -4.26. The molecular weight excluding hydrogens is 605 g/mol. The van der Waals surface area contributed by atoms with Gasteiger partial charge in [-0.05, 0) is 58.4 Å². The number of para-hydroxylation sites is 2. The zero-order valence-corrected chi connectivity index (χ0v) is 27.6. The number of esters is 1. The molecule has 5 rings (SSSR count). The predicted octanol–water partition coefficient (Wildman–Crippen LogP) is 6.97. The van der Waals surface area contributed by atoms with Crippen LogP contribution in [-0.2, 0) is 36.5 Å². The highest BCUT2D eigenvalue weighted by molar-refractivity contribution is 7.52. The topological polar surface area (TPSA) is 140 Å². The average molecular weight is 646 g/mol. The van der Waals surface area contributed by atoms with Crippen molar-refractivity contribution in [2.75, 3.05) is 12.3 Å². The van der Waals surface area contributed by atoms with Gasteiger partial charge in [-0.2, -0.15) is 5.09 Å². The molecule has 0 aliphatic heterocycles. The van der Waals surface area contributed by atoms with E-state index in [1.165, 1.54) is 0 Å². The summed E-state index contributed by atoms with van der Waals surface area (Å²) in [6.45, 7) is 9.90. The molecule has 3 N–H and O–H groups in total. The number of anilines is 1. The van der Waals surface area contributed by atoms with Crippen LogP contribution < -0.4 is 15.3 Å². The van der Waals surface area contributed by atoms with Crippen LogP contribution in [0.5, 0.6) is 5.75 Å². The van der Waals surface area contributed by atoms with Crippen molar-refractivity contribution in [2.24, 2.45) is 0 Å². The van der Waals surface area contributed by atoms with Gasteiger partial charge in [0.1, 0.15) is 35.3 Å². The molecule has 0 saturated carbocycles. The quantitative estimate of drug-likeness (QED) is 0.102. The fourth-order valence-electron chi connectivity index (χ4n) is 5.06. The Morgan fingerprint density at radius 2 is 1.63 bits per heavy atom. The maximum atomic E-state index is 14.7. The minimum absolute atomic E-state index is 0.207. The number of nitrogens with two attached hydrogens (primary N) is 1. The lowest BCUT2D eigenvalue weighted by molar-refractivity contribution is -0.157. The molecular formula is C34H40N5O6P. The van der Waals surface area contributed by atoms with E-state index in [4.69, 9.17) is 29.2 Å². The number of imidazole rings is 1. The standard InChI is InChI=1S/C34H40N5O6P/c1-6-42-22-28-37-30-31(26-19-13-14-20-27(26)36-32(30)35)39(28)21-23(2)44-46(41,45-25-17-11-8-12-18-25)38-29(24-15-9-7-10-16-24)33(40)43-34(3,4)5/h7-20,23,29H,6,21-22H2,1-5H3,(H2,35,36)(H,38,41)/t23-,29+,46+/m1/s1. The van der Waals surface area contributed by atoms with Crippen molar-refractivity contribution in [3.8, 4) is 5.75 Å². The van der Waals surface area contributed by atoms with E-state index in [-0.39, 0.29) is 13.2 Å². The highest BCUT2D eigenvalue weighted by Crippen LogP contribution is 2.48. The molecule has 0 spiro atoms. The van der Waals surface area contributed by atoms with E-state index in [0.717, 1.165) is 10.9 Å². The van der Waals surface area contributed by atoms with Gasteiger partial charge in [-0.1, -0.05) is 66.7 Å². The first-order valence-corrected chi connectivity index (χ1v) is 16.7. The van der Waals surface area contributed by atoms with Crippen molar-refractivity contribution in [3.63, 3.8) is 0 Å². The number of benzene rings is 3. The van der Waals surface area contributed by atoms with Crippen molar-refractivity contribution in [3.05, 3.63) is 96.3 Å². The summed E-state index contributed by atoms with van der Waals surface area (Å²) in [5, 5.41) is 3.76. The van der Waals surface area contributed by atoms with Crippen LogP contribution in [0.3, 0.4) is 0 Å². The Hall–Kier alpha value is -4.28. The molecule has 0 radical (unpaired) electrons. The van der Waals surface area contributed by atoms with Gasteiger partial charge in [-0.3, -0.25) is 4.52 Å². The fourth-order valence-corrected chi connectivity index (χ4v) is 6.73. The number of aromatic nitrogens is 3. The molecule has 0 aliphatic rings. The van der Waals surface area contributed by atoms with E-state index in [9.17, 15) is 9.36 Å². The minimum atomic E-state index is -4.26. The van der Waals surface area contributed by atoms with Gasteiger partial charge in [0, 0.05) is 12.0 Å². The number of pyridine rings is 1. The number of rotatable bonds is 13. The third-order valence-electron chi connectivity index (χ3n) is 6.91. The molecule has 46 heavy (non-hydrogen) atoms. The monoisotopic (exact) mass is 645 g/mol. The molecule has 2 heterocycles. The second-order valence-electron chi connectivity index (χ2n) is 11.8. The SMILES string of the molecule is CCOCc1nc2c(N)nc3ccccc3c2n1C[C@@H](C)O[P@@](=O)(N[C@H](C(=O)OC(C)(C)C)c1ccccc1)Oc1ccccc1. The number of fused-ring (bicyclic) bond motifs is 3. The van der Waals surface area contributed by atoms with Crippen LogP contribution in [0.2, 0.25) is 0 Å². The van der Waals surface area contributed by atoms with Crippen LogP contribution in [0.25, 0.3) is 21.9 Å². The van der Waals surface area contributed by atoms with E-state index < -0.39 is 31.5 Å². The Labute approximate surface area is 268 Å². The molecule has 3 atom stereocenters. The van der Waals surface area contributed by atoms with Crippen LogP contribution in [0.4, 0.5) is 5.82 Å². The maximum absolute atomic E-state index is 14.7. The fraction of sp³-hybridized carbons (Fsp3) is 0.324. The zero-order chi connectivity index (χ0) is 32.9. The third-order valence-corrected chi connectivity index (χ3v) is 8.58. The predicted molar refractivity (Wildman–Crippen MR) is 178 cm³/mol. The summed E-state index contributed by atoms with van der Waals surface area (Å²) < 4.78 is 40.4. The van der Waals surface area contributed by atoms with Crippen molar-refractivity contribution < 1.29 is 27.9 Å². The molecule has 242 valence electrons. The molecule has 0 unspecified atom stereocenters. The van der Waals surface area contributed by atoms with Crippen LogP contribution in [0, 0.1) is 0 Å². The minimum Gasteiger partial charge on any atom is -0.459 e. The zero-order valence-electron chi connectivity index (χ0n) is 26.7. The van der Waals surface area contributed by atoms with Gasteiger partial charge >= 0.3 is 13.7 Å². The van der Waals surface area contributed by atoms with Gasteiger partial charge in [0.15, 0.2) is 5.82 Å². The summed E-state index contributed by atoms with van der Waals surface area (Å²) in [6, 6.07) is 24.1. The number of carbonyl (C=O) groups is 1. The molecule has 0 fully saturated rings. The Bertz CT molecular complexity index is 1840. The first kappa shape index (κ1) is 33.1. The van der Waals surface area contributed by atoms with Gasteiger partial charge < -0.3 is 24.3 Å². The van der Waals surface area contributed by atoms with Crippen molar-refractivity contribution in [1.82, 2.24) is 19.6 Å². The van der Waals surface area contributed by atoms with E-state index >= 15 is 0 Å². The van der Waals surface area contributed by atoms with Crippen LogP contribution >= 0.6 is 7.75 Å². The summed E-state index contributed by atoms with van der Waals surface area (Å²) in [5.74, 6) is 0.582. The molecule has 0 saturated heterocycles. The summed E-state index contributed by atoms with van der Waals surface area (Å²) in [5.41, 5.74) is 8.12. The Morgan fingerprint density at radius 1 is 0.978 bits per heavy atom. The van der Waals surface area contributed by atoms with Crippen LogP contribution in [0.15, 0.2) is 84.9 Å². The Balaban J connectivity index is 1.53.